The van der Waals surface area contributed by atoms with Gasteiger partial charge in [0, 0.05) is 13.1 Å². The van der Waals surface area contributed by atoms with E-state index in [1.54, 1.807) is 24.1 Å². The number of ether oxygens (including phenoxy) is 1. The first-order chi connectivity index (χ1) is 8.92. The van der Waals surface area contributed by atoms with Crippen molar-refractivity contribution in [3.8, 4) is 10.8 Å². The summed E-state index contributed by atoms with van der Waals surface area (Å²) < 4.78 is 5.57. The molecule has 1 saturated heterocycles. The topological polar surface area (TPSA) is 51.1 Å². The van der Waals surface area contributed by atoms with Gasteiger partial charge in [0.25, 0.3) is 0 Å². The number of aromatic nitrogens is 3. The number of hydrogen-bond acceptors (Lipinski definition) is 6. The summed E-state index contributed by atoms with van der Waals surface area (Å²) in [6.07, 6.45) is 8.88. The Morgan fingerprint density at radius 3 is 2.50 bits per heavy atom. The smallest absolute Gasteiger partial charge is 0.225 e. The highest BCUT2D eigenvalue weighted by molar-refractivity contribution is 7.11. The number of nitrogens with zero attached hydrogens (tertiary/aromatic N) is 4. The monoisotopic (exact) mass is 262 g/mol. The molecule has 0 spiro atoms. The van der Waals surface area contributed by atoms with Crippen LogP contribution in [-0.4, -0.2) is 28.0 Å². The maximum atomic E-state index is 5.57. The Labute approximate surface area is 109 Å². The lowest BCUT2D eigenvalue weighted by atomic mass is 10.1. The SMILES string of the molecule is c1ncc(Oc2cnc(N3CCCCC3)nc2)s1. The van der Waals surface area contributed by atoms with Crippen molar-refractivity contribution in [2.24, 2.45) is 0 Å². The van der Waals surface area contributed by atoms with Crippen LogP contribution >= 0.6 is 11.3 Å². The van der Waals surface area contributed by atoms with E-state index in [-0.39, 0.29) is 0 Å². The average Bonchev–Trinajstić information content (AvgIpc) is 2.94. The van der Waals surface area contributed by atoms with E-state index in [2.05, 4.69) is 19.9 Å². The van der Waals surface area contributed by atoms with Crippen LogP contribution < -0.4 is 9.64 Å². The molecule has 0 unspecified atom stereocenters. The Balaban J connectivity index is 1.68. The molecule has 5 nitrogen and oxygen atoms in total. The zero-order valence-electron chi connectivity index (χ0n) is 9.95. The Morgan fingerprint density at radius 2 is 1.83 bits per heavy atom. The molecular weight excluding hydrogens is 248 g/mol. The Kier molecular flexibility index (Phi) is 3.36. The molecule has 0 amide bonds. The van der Waals surface area contributed by atoms with Crippen LogP contribution in [-0.2, 0) is 0 Å². The summed E-state index contributed by atoms with van der Waals surface area (Å²) >= 11 is 1.45. The highest BCUT2D eigenvalue weighted by atomic mass is 32.1. The van der Waals surface area contributed by atoms with E-state index >= 15 is 0 Å². The maximum absolute atomic E-state index is 5.57. The summed E-state index contributed by atoms with van der Waals surface area (Å²) in [5.74, 6) is 1.45. The van der Waals surface area contributed by atoms with Gasteiger partial charge in [0.15, 0.2) is 5.75 Å². The van der Waals surface area contributed by atoms with Crippen LogP contribution in [0.2, 0.25) is 0 Å². The van der Waals surface area contributed by atoms with E-state index in [0.29, 0.717) is 5.75 Å². The summed E-state index contributed by atoms with van der Waals surface area (Å²) in [5, 5.41) is 0.754. The van der Waals surface area contributed by atoms with Gasteiger partial charge in [0.05, 0.1) is 24.1 Å². The first kappa shape index (κ1) is 11.4. The van der Waals surface area contributed by atoms with Gasteiger partial charge in [-0.1, -0.05) is 11.3 Å². The summed E-state index contributed by atoms with van der Waals surface area (Å²) in [6, 6.07) is 0. The van der Waals surface area contributed by atoms with Crippen LogP contribution in [0.15, 0.2) is 24.1 Å². The van der Waals surface area contributed by atoms with E-state index in [4.69, 9.17) is 4.74 Å². The third-order valence-electron chi connectivity index (χ3n) is 2.88. The highest BCUT2D eigenvalue weighted by Gasteiger charge is 2.13. The fourth-order valence-electron chi connectivity index (χ4n) is 1.99. The first-order valence-electron chi connectivity index (χ1n) is 6.05. The summed E-state index contributed by atoms with van der Waals surface area (Å²) in [5.41, 5.74) is 1.73. The van der Waals surface area contributed by atoms with Crippen LogP contribution in [0.1, 0.15) is 19.3 Å². The third kappa shape index (κ3) is 2.59. The summed E-state index contributed by atoms with van der Waals surface area (Å²) in [4.78, 5) is 14.9. The second-order valence-corrected chi connectivity index (χ2v) is 5.04. The molecule has 0 bridgehead atoms. The van der Waals surface area contributed by atoms with Gasteiger partial charge in [-0.05, 0) is 19.3 Å². The largest absolute Gasteiger partial charge is 0.442 e. The van der Waals surface area contributed by atoms with Gasteiger partial charge in [-0.25, -0.2) is 15.0 Å². The number of piperidine rings is 1. The van der Waals surface area contributed by atoms with Crippen molar-refractivity contribution in [1.29, 1.82) is 0 Å². The minimum atomic E-state index is 0.653. The number of rotatable bonds is 3. The van der Waals surface area contributed by atoms with Crippen LogP contribution in [0.4, 0.5) is 5.95 Å². The van der Waals surface area contributed by atoms with Crippen molar-refractivity contribution in [3.63, 3.8) is 0 Å². The molecule has 0 N–H and O–H groups in total. The van der Waals surface area contributed by atoms with Crippen molar-refractivity contribution in [2.75, 3.05) is 18.0 Å². The average molecular weight is 262 g/mol. The van der Waals surface area contributed by atoms with Crippen molar-refractivity contribution >= 4 is 17.3 Å². The van der Waals surface area contributed by atoms with Crippen molar-refractivity contribution in [1.82, 2.24) is 15.0 Å². The first-order valence-corrected chi connectivity index (χ1v) is 6.93. The van der Waals surface area contributed by atoms with Gasteiger partial charge in [-0.15, -0.1) is 0 Å². The van der Waals surface area contributed by atoms with E-state index < -0.39 is 0 Å². The molecule has 94 valence electrons. The lowest BCUT2D eigenvalue weighted by Crippen LogP contribution is -2.30. The molecule has 3 heterocycles. The zero-order chi connectivity index (χ0) is 12.2. The van der Waals surface area contributed by atoms with E-state index in [1.165, 1.54) is 30.6 Å². The zero-order valence-corrected chi connectivity index (χ0v) is 10.8. The van der Waals surface area contributed by atoms with Gasteiger partial charge in [-0.2, -0.15) is 0 Å². The molecule has 0 aromatic carbocycles. The Hall–Kier alpha value is -1.69. The molecule has 2 aromatic heterocycles. The van der Waals surface area contributed by atoms with E-state index in [0.717, 1.165) is 24.1 Å². The molecule has 1 aliphatic heterocycles. The lowest BCUT2D eigenvalue weighted by molar-refractivity contribution is 0.488. The Morgan fingerprint density at radius 1 is 1.06 bits per heavy atom. The van der Waals surface area contributed by atoms with Gasteiger partial charge < -0.3 is 9.64 Å². The molecule has 3 rings (SSSR count). The molecular formula is C12H14N4OS. The molecule has 0 radical (unpaired) electrons. The van der Waals surface area contributed by atoms with Crippen LogP contribution in [0, 0.1) is 0 Å². The summed E-state index contributed by atoms with van der Waals surface area (Å²) in [6.45, 7) is 2.10. The third-order valence-corrected chi connectivity index (χ3v) is 3.53. The normalized spacial score (nSPS) is 15.7. The lowest BCUT2D eigenvalue weighted by Gasteiger charge is -2.26. The molecule has 0 saturated carbocycles. The fourth-order valence-corrected chi connectivity index (χ4v) is 2.48. The molecule has 1 fully saturated rings. The van der Waals surface area contributed by atoms with Crippen LogP contribution in [0.3, 0.4) is 0 Å². The number of hydrogen-bond donors (Lipinski definition) is 0. The van der Waals surface area contributed by atoms with Gasteiger partial charge in [-0.3, -0.25) is 0 Å². The second-order valence-electron chi connectivity index (χ2n) is 4.19. The van der Waals surface area contributed by atoms with E-state index in [9.17, 15) is 0 Å². The molecule has 18 heavy (non-hydrogen) atoms. The molecule has 0 atom stereocenters. The van der Waals surface area contributed by atoms with E-state index in [1.807, 2.05) is 0 Å². The molecule has 2 aromatic rings. The predicted molar refractivity (Wildman–Crippen MR) is 70.3 cm³/mol. The summed E-state index contributed by atoms with van der Waals surface area (Å²) in [7, 11) is 0. The molecule has 0 aliphatic carbocycles. The fraction of sp³-hybridized carbons (Fsp3) is 0.417. The molecule has 1 aliphatic rings. The van der Waals surface area contributed by atoms with Gasteiger partial charge in [0.2, 0.25) is 11.0 Å². The number of anilines is 1. The standard InChI is InChI=1S/C12H14N4OS/c1-2-4-16(5-3-1)12-14-6-10(7-15-12)17-11-8-13-9-18-11/h6-9H,1-5H2. The minimum Gasteiger partial charge on any atom is -0.442 e. The Bertz CT molecular complexity index is 479. The maximum Gasteiger partial charge on any atom is 0.225 e. The van der Waals surface area contributed by atoms with Gasteiger partial charge >= 0.3 is 0 Å². The van der Waals surface area contributed by atoms with Crippen molar-refractivity contribution in [3.05, 3.63) is 24.1 Å². The van der Waals surface area contributed by atoms with Crippen LogP contribution in [0.5, 0.6) is 10.8 Å². The highest BCUT2D eigenvalue weighted by Crippen LogP contribution is 2.24. The minimum absolute atomic E-state index is 0.653. The molecule has 6 heteroatoms. The van der Waals surface area contributed by atoms with Gasteiger partial charge in [0.1, 0.15) is 0 Å². The van der Waals surface area contributed by atoms with Crippen molar-refractivity contribution < 1.29 is 4.74 Å². The second kappa shape index (κ2) is 5.30. The van der Waals surface area contributed by atoms with Crippen LogP contribution in [0.25, 0.3) is 0 Å². The number of thiazole rings is 1. The van der Waals surface area contributed by atoms with Crippen molar-refractivity contribution in [2.45, 2.75) is 19.3 Å². The quantitative estimate of drug-likeness (QED) is 0.851. The predicted octanol–water partition coefficient (Wildman–Crippen LogP) is 2.72.